The number of H-pyrrole nitrogens is 2. The van der Waals surface area contributed by atoms with Gasteiger partial charge < -0.3 is 10.3 Å². The van der Waals surface area contributed by atoms with Gasteiger partial charge in [0.15, 0.2) is 5.78 Å². The van der Waals surface area contributed by atoms with Crippen molar-refractivity contribution in [3.05, 3.63) is 59.2 Å². The van der Waals surface area contributed by atoms with Gasteiger partial charge in [0.2, 0.25) is 0 Å². The molecule has 0 atom stereocenters. The second-order valence-corrected chi connectivity index (χ2v) is 9.50. The summed E-state index contributed by atoms with van der Waals surface area (Å²) < 4.78 is 0. The number of carbonyl (C=O) groups excluding carboxylic acids is 1. The van der Waals surface area contributed by atoms with Gasteiger partial charge in [0.05, 0.1) is 22.3 Å². The van der Waals surface area contributed by atoms with E-state index in [1.807, 2.05) is 24.4 Å². The van der Waals surface area contributed by atoms with Crippen LogP contribution in [-0.4, -0.2) is 39.0 Å². The second kappa shape index (κ2) is 7.69. The molecule has 1 aromatic carbocycles. The van der Waals surface area contributed by atoms with E-state index in [4.69, 9.17) is 4.98 Å². The lowest BCUT2D eigenvalue weighted by atomic mass is 9.93. The first-order valence-electron chi connectivity index (χ1n) is 11.0. The van der Waals surface area contributed by atoms with Gasteiger partial charge in [0.1, 0.15) is 5.69 Å². The number of benzene rings is 1. The Morgan fingerprint density at radius 3 is 2.75 bits per heavy atom. The Morgan fingerprint density at radius 1 is 1.06 bits per heavy atom. The van der Waals surface area contributed by atoms with Crippen molar-refractivity contribution in [1.29, 1.82) is 0 Å². The molecule has 5 heterocycles. The number of carbonyl (C=O) groups is 1. The van der Waals surface area contributed by atoms with Gasteiger partial charge in [-0.25, -0.2) is 0 Å². The number of ketones is 1. The van der Waals surface area contributed by atoms with Gasteiger partial charge in [-0.2, -0.15) is 5.10 Å². The molecule has 6 rings (SSSR count). The van der Waals surface area contributed by atoms with E-state index in [-0.39, 0.29) is 5.78 Å². The maximum atomic E-state index is 11.8. The van der Waals surface area contributed by atoms with Crippen LogP contribution in [0.25, 0.3) is 43.6 Å². The zero-order chi connectivity index (χ0) is 21.7. The molecule has 0 radical (unpaired) electrons. The predicted octanol–water partition coefficient (Wildman–Crippen LogP) is 5.50. The number of aromatic nitrogens is 4. The highest BCUT2D eigenvalue weighted by Gasteiger charge is 2.19. The quantitative estimate of drug-likeness (QED) is 0.321. The summed E-state index contributed by atoms with van der Waals surface area (Å²) in [7, 11) is 0. The van der Waals surface area contributed by atoms with E-state index in [0.29, 0.717) is 5.92 Å². The van der Waals surface area contributed by atoms with Crippen molar-refractivity contribution >= 4 is 38.9 Å². The molecule has 0 unspecified atom stereocenters. The molecule has 0 saturated carbocycles. The fraction of sp³-hybridized carbons (Fsp3) is 0.240. The van der Waals surface area contributed by atoms with Gasteiger partial charge in [-0.3, -0.25) is 14.9 Å². The molecule has 6 nitrogen and oxygen atoms in total. The number of piperidine rings is 1. The van der Waals surface area contributed by atoms with Gasteiger partial charge in [-0.05, 0) is 63.2 Å². The first-order chi connectivity index (χ1) is 15.7. The van der Waals surface area contributed by atoms with Gasteiger partial charge in [0.25, 0.3) is 0 Å². The van der Waals surface area contributed by atoms with Crippen LogP contribution in [0.1, 0.15) is 41.0 Å². The molecule has 1 aliphatic heterocycles. The molecule has 4 aromatic heterocycles. The third-order valence-electron chi connectivity index (χ3n) is 6.36. The van der Waals surface area contributed by atoms with E-state index in [1.165, 1.54) is 11.3 Å². The maximum Gasteiger partial charge on any atom is 0.169 e. The molecule has 7 heteroatoms. The minimum atomic E-state index is 0.101. The fourth-order valence-electron chi connectivity index (χ4n) is 4.65. The highest BCUT2D eigenvalue weighted by atomic mass is 32.1. The van der Waals surface area contributed by atoms with Gasteiger partial charge in [-0.15, -0.1) is 11.3 Å². The highest BCUT2D eigenvalue weighted by molar-refractivity contribution is 7.17. The summed E-state index contributed by atoms with van der Waals surface area (Å²) in [6.45, 7) is 3.70. The van der Waals surface area contributed by atoms with Crippen LogP contribution in [0.15, 0.2) is 48.7 Å². The third kappa shape index (κ3) is 3.25. The van der Waals surface area contributed by atoms with Crippen LogP contribution in [-0.2, 0) is 0 Å². The summed E-state index contributed by atoms with van der Waals surface area (Å²) in [4.78, 5) is 21.9. The summed E-state index contributed by atoms with van der Waals surface area (Å²) in [5, 5.41) is 13.4. The van der Waals surface area contributed by atoms with Crippen molar-refractivity contribution in [2.45, 2.75) is 25.7 Å². The van der Waals surface area contributed by atoms with Gasteiger partial charge in [0, 0.05) is 38.3 Å². The van der Waals surface area contributed by atoms with Crippen LogP contribution < -0.4 is 5.32 Å². The third-order valence-corrected chi connectivity index (χ3v) is 7.58. The first-order valence-corrected chi connectivity index (χ1v) is 11.8. The monoisotopic (exact) mass is 441 g/mol. The number of aromatic amines is 2. The zero-order valence-corrected chi connectivity index (χ0v) is 18.6. The topological polar surface area (TPSA) is 86.5 Å². The van der Waals surface area contributed by atoms with Gasteiger partial charge in [-0.1, -0.05) is 12.1 Å². The summed E-state index contributed by atoms with van der Waals surface area (Å²) >= 11 is 1.54. The van der Waals surface area contributed by atoms with Crippen molar-refractivity contribution in [3.8, 4) is 21.8 Å². The van der Waals surface area contributed by atoms with Gasteiger partial charge >= 0.3 is 0 Å². The Kier molecular flexibility index (Phi) is 4.66. The maximum absolute atomic E-state index is 11.8. The van der Waals surface area contributed by atoms with E-state index < -0.39 is 0 Å². The Bertz CT molecular complexity index is 1450. The number of Topliss-reactive ketones (excluding diaryl/α,β-unsaturated/α-hetero) is 1. The number of pyridine rings is 1. The lowest BCUT2D eigenvalue weighted by molar-refractivity contribution is 0.102. The molecule has 160 valence electrons. The molecule has 5 aromatic rings. The van der Waals surface area contributed by atoms with E-state index in [9.17, 15) is 4.79 Å². The van der Waals surface area contributed by atoms with E-state index in [0.717, 1.165) is 80.1 Å². The number of nitrogens with one attached hydrogen (secondary N) is 3. The molecular formula is C25H23N5OS. The Hall–Kier alpha value is -3.29. The SMILES string of the molecule is CC(=O)c1ccc(-c2cccc3[nH]c(-c4n[nH]c5cnc(C6CCNCC6)cc45)cc23)s1. The average molecular weight is 442 g/mol. The Labute approximate surface area is 189 Å². The zero-order valence-electron chi connectivity index (χ0n) is 17.7. The number of rotatable bonds is 4. The standard InChI is InChI=1S/C25H23N5OS/c1-14(31)23-5-6-24(32-23)16-3-2-4-19-17(16)11-21(28-19)25-18-12-20(15-7-9-26-10-8-15)27-13-22(18)29-30-25/h2-6,11-13,15,26,28H,7-10H2,1H3,(H,29,30). The van der Waals surface area contributed by atoms with Crippen molar-refractivity contribution < 1.29 is 4.79 Å². The summed E-state index contributed by atoms with van der Waals surface area (Å²) in [6, 6.07) is 14.5. The molecule has 1 saturated heterocycles. The Balaban J connectivity index is 1.44. The molecular weight excluding hydrogens is 418 g/mol. The molecule has 0 amide bonds. The van der Waals surface area contributed by atoms with E-state index in [1.54, 1.807) is 6.92 Å². The smallest absolute Gasteiger partial charge is 0.169 e. The summed E-state index contributed by atoms with van der Waals surface area (Å²) in [6.07, 6.45) is 4.14. The van der Waals surface area contributed by atoms with Crippen molar-refractivity contribution in [2.24, 2.45) is 0 Å². The van der Waals surface area contributed by atoms with Crippen molar-refractivity contribution in [1.82, 2.24) is 25.5 Å². The largest absolute Gasteiger partial charge is 0.353 e. The van der Waals surface area contributed by atoms with Crippen LogP contribution in [0.5, 0.6) is 0 Å². The van der Waals surface area contributed by atoms with E-state index in [2.05, 4.69) is 44.8 Å². The highest BCUT2D eigenvalue weighted by Crippen LogP contribution is 2.37. The lowest BCUT2D eigenvalue weighted by Gasteiger charge is -2.22. The predicted molar refractivity (Wildman–Crippen MR) is 129 cm³/mol. The Morgan fingerprint density at radius 2 is 1.94 bits per heavy atom. The average Bonchev–Trinajstić information content (AvgIpc) is 3.56. The number of hydrogen-bond donors (Lipinski definition) is 3. The van der Waals surface area contributed by atoms with E-state index >= 15 is 0 Å². The van der Waals surface area contributed by atoms with Crippen molar-refractivity contribution in [3.63, 3.8) is 0 Å². The van der Waals surface area contributed by atoms with Crippen molar-refractivity contribution in [2.75, 3.05) is 13.1 Å². The summed E-state index contributed by atoms with van der Waals surface area (Å²) in [5.74, 6) is 0.594. The fourth-order valence-corrected chi connectivity index (χ4v) is 5.59. The van der Waals surface area contributed by atoms with Crippen LogP contribution in [0.3, 0.4) is 0 Å². The molecule has 1 aliphatic rings. The number of thiophene rings is 1. The summed E-state index contributed by atoms with van der Waals surface area (Å²) in [5.41, 5.74) is 6.16. The lowest BCUT2D eigenvalue weighted by Crippen LogP contribution is -2.27. The van der Waals surface area contributed by atoms with Crippen LogP contribution in [0.2, 0.25) is 0 Å². The van der Waals surface area contributed by atoms with Crippen LogP contribution in [0, 0.1) is 0 Å². The minimum absolute atomic E-state index is 0.101. The first kappa shape index (κ1) is 19.4. The number of fused-ring (bicyclic) bond motifs is 2. The normalized spacial score (nSPS) is 15.0. The molecule has 32 heavy (non-hydrogen) atoms. The number of nitrogens with zero attached hydrogens (tertiary/aromatic N) is 2. The minimum Gasteiger partial charge on any atom is -0.353 e. The molecule has 0 aliphatic carbocycles. The van der Waals surface area contributed by atoms with Crippen LogP contribution >= 0.6 is 11.3 Å². The molecule has 1 fully saturated rings. The number of hydrogen-bond acceptors (Lipinski definition) is 5. The second-order valence-electron chi connectivity index (χ2n) is 8.42. The van der Waals surface area contributed by atoms with Crippen LogP contribution in [0.4, 0.5) is 0 Å². The molecule has 0 spiro atoms. The molecule has 3 N–H and O–H groups in total. The molecule has 0 bridgehead atoms.